The van der Waals surface area contributed by atoms with Gasteiger partial charge in [0.1, 0.15) is 10.7 Å². The molecule has 1 N–H and O–H groups in total. The van der Waals surface area contributed by atoms with E-state index in [4.69, 9.17) is 29.2 Å². The molecule has 0 saturated carbocycles. The van der Waals surface area contributed by atoms with Crippen LogP contribution in [0.15, 0.2) is 30.7 Å². The van der Waals surface area contributed by atoms with Gasteiger partial charge in [-0.15, -0.1) is 0 Å². The Hall–Kier alpha value is -2.05. The molecule has 0 aliphatic rings. The number of hydrogen-bond acceptors (Lipinski definition) is 6. The quantitative estimate of drug-likeness (QED) is 0.472. The lowest BCUT2D eigenvalue weighted by atomic mass is 10.3. The van der Waals surface area contributed by atoms with Crippen molar-refractivity contribution in [2.24, 2.45) is 0 Å². The van der Waals surface area contributed by atoms with Crippen LogP contribution in [0.2, 0.25) is 5.15 Å². The maximum absolute atomic E-state index is 12.3. The first kappa shape index (κ1) is 23.2. The number of pyridine rings is 1. The van der Waals surface area contributed by atoms with Crippen LogP contribution >= 0.6 is 23.8 Å². The van der Waals surface area contributed by atoms with Crippen molar-refractivity contribution in [2.45, 2.75) is 19.5 Å². The van der Waals surface area contributed by atoms with Gasteiger partial charge < -0.3 is 10.3 Å². The third-order valence-corrected chi connectivity index (χ3v) is 6.02. The minimum atomic E-state index is -4.60. The van der Waals surface area contributed by atoms with Gasteiger partial charge in [-0.3, -0.25) is 4.98 Å². The van der Waals surface area contributed by atoms with Gasteiger partial charge in [0.15, 0.2) is 15.0 Å². The van der Waals surface area contributed by atoms with Gasteiger partial charge in [0, 0.05) is 12.7 Å². The molecule has 0 spiro atoms. The first-order chi connectivity index (χ1) is 13.4. The summed E-state index contributed by atoms with van der Waals surface area (Å²) in [6.45, 7) is 1.94. The molecule has 2 aromatic heterocycles. The van der Waals surface area contributed by atoms with E-state index in [0.29, 0.717) is 11.4 Å². The number of hydrogen-bond donors (Lipinski definition) is 1. The SMILES string of the molecule is CCN(C(=S)C(=N)CS(=O)(=O)CCC(F)(F)F)c1cn(-c2cccnc2)nc1Cl. The molecule has 0 radical (unpaired) electrons. The molecule has 0 unspecified atom stereocenters. The summed E-state index contributed by atoms with van der Waals surface area (Å²) in [7, 11) is -4.15. The minimum Gasteiger partial charge on any atom is -0.328 e. The highest BCUT2D eigenvalue weighted by Gasteiger charge is 2.31. The van der Waals surface area contributed by atoms with Crippen LogP contribution in [0.25, 0.3) is 5.69 Å². The normalized spacial score (nSPS) is 12.0. The highest BCUT2D eigenvalue weighted by Crippen LogP contribution is 2.27. The zero-order valence-corrected chi connectivity index (χ0v) is 17.5. The van der Waals surface area contributed by atoms with E-state index in [1.54, 1.807) is 37.6 Å². The Kier molecular flexibility index (Phi) is 7.35. The molecular formula is C16H17ClF3N5O2S2. The van der Waals surface area contributed by atoms with Crippen LogP contribution < -0.4 is 4.90 Å². The maximum Gasteiger partial charge on any atom is 0.390 e. The fraction of sp³-hybridized carbons (Fsp3) is 0.375. The summed E-state index contributed by atoms with van der Waals surface area (Å²) in [6, 6.07) is 3.44. The van der Waals surface area contributed by atoms with Gasteiger partial charge in [0.2, 0.25) is 0 Å². The summed E-state index contributed by atoms with van der Waals surface area (Å²) in [5, 5.41) is 12.2. The fourth-order valence-electron chi connectivity index (χ4n) is 2.36. The lowest BCUT2D eigenvalue weighted by molar-refractivity contribution is -0.129. The van der Waals surface area contributed by atoms with Crippen molar-refractivity contribution in [2.75, 3.05) is 23.0 Å². The molecule has 2 rings (SSSR count). The minimum absolute atomic E-state index is 0.0609. The molecule has 29 heavy (non-hydrogen) atoms. The molecule has 158 valence electrons. The molecule has 0 aliphatic carbocycles. The average molecular weight is 468 g/mol. The molecule has 0 atom stereocenters. The van der Waals surface area contributed by atoms with Crippen molar-refractivity contribution >= 4 is 50.0 Å². The number of halogens is 4. The van der Waals surface area contributed by atoms with E-state index in [0.717, 1.165) is 0 Å². The molecule has 13 heteroatoms. The van der Waals surface area contributed by atoms with Crippen LogP contribution in [-0.4, -0.2) is 58.1 Å². The van der Waals surface area contributed by atoms with E-state index in [1.165, 1.54) is 9.58 Å². The lowest BCUT2D eigenvalue weighted by Crippen LogP contribution is -2.38. The number of nitrogens with zero attached hydrogens (tertiary/aromatic N) is 4. The van der Waals surface area contributed by atoms with Crippen molar-refractivity contribution in [3.63, 3.8) is 0 Å². The van der Waals surface area contributed by atoms with Crippen molar-refractivity contribution in [3.05, 3.63) is 35.9 Å². The third-order valence-electron chi connectivity index (χ3n) is 3.73. The van der Waals surface area contributed by atoms with Crippen LogP contribution in [0.5, 0.6) is 0 Å². The summed E-state index contributed by atoms with van der Waals surface area (Å²) in [5.41, 5.74) is 0.460. The van der Waals surface area contributed by atoms with Gasteiger partial charge in [-0.05, 0) is 19.1 Å². The average Bonchev–Trinajstić information content (AvgIpc) is 3.02. The summed E-state index contributed by atoms with van der Waals surface area (Å²) in [5.74, 6) is -2.00. The highest BCUT2D eigenvalue weighted by molar-refractivity contribution is 7.92. The van der Waals surface area contributed by atoms with Crippen LogP contribution in [0.3, 0.4) is 0 Å². The van der Waals surface area contributed by atoms with Gasteiger partial charge in [-0.1, -0.05) is 23.8 Å². The molecule has 0 amide bonds. The van der Waals surface area contributed by atoms with E-state index in [-0.39, 0.29) is 16.7 Å². The Morgan fingerprint density at radius 3 is 2.66 bits per heavy atom. The van der Waals surface area contributed by atoms with Crippen molar-refractivity contribution in [3.8, 4) is 5.69 Å². The molecule has 0 aliphatic heterocycles. The van der Waals surface area contributed by atoms with Crippen LogP contribution in [0.4, 0.5) is 18.9 Å². The second-order valence-corrected chi connectivity index (χ2v) is 8.87. The Labute approximate surface area is 175 Å². The predicted molar refractivity (Wildman–Crippen MR) is 109 cm³/mol. The number of alkyl halides is 3. The van der Waals surface area contributed by atoms with E-state index in [9.17, 15) is 21.6 Å². The van der Waals surface area contributed by atoms with Crippen LogP contribution in [-0.2, 0) is 9.84 Å². The van der Waals surface area contributed by atoms with E-state index in [2.05, 4.69) is 10.1 Å². The van der Waals surface area contributed by atoms with Gasteiger partial charge >= 0.3 is 6.18 Å². The van der Waals surface area contributed by atoms with Gasteiger partial charge in [-0.25, -0.2) is 13.1 Å². The van der Waals surface area contributed by atoms with E-state index in [1.807, 2.05) is 0 Å². The lowest BCUT2D eigenvalue weighted by Gasteiger charge is -2.22. The van der Waals surface area contributed by atoms with E-state index >= 15 is 0 Å². The molecule has 2 aromatic rings. The summed E-state index contributed by atoms with van der Waals surface area (Å²) < 4.78 is 62.2. The summed E-state index contributed by atoms with van der Waals surface area (Å²) in [6.07, 6.45) is -1.39. The topological polar surface area (TPSA) is 91.9 Å². The second kappa shape index (κ2) is 9.18. The molecule has 0 bridgehead atoms. The summed E-state index contributed by atoms with van der Waals surface area (Å²) >= 11 is 11.4. The number of thiocarbonyl (C=S) groups is 1. The smallest absolute Gasteiger partial charge is 0.328 e. The number of rotatable bonds is 8. The number of aromatic nitrogens is 3. The summed E-state index contributed by atoms with van der Waals surface area (Å²) in [4.78, 5) is 5.22. The van der Waals surface area contributed by atoms with Gasteiger partial charge in [0.05, 0.1) is 41.7 Å². The van der Waals surface area contributed by atoms with E-state index < -0.39 is 39.7 Å². The highest BCUT2D eigenvalue weighted by atomic mass is 35.5. The Morgan fingerprint density at radius 1 is 1.41 bits per heavy atom. The molecule has 0 fully saturated rings. The Bertz CT molecular complexity index is 994. The van der Waals surface area contributed by atoms with Crippen LogP contribution in [0, 0.1) is 5.41 Å². The Balaban J connectivity index is 2.18. The standard InChI is InChI=1S/C16H17ClF3N5O2S2/c1-2-24(13-9-25(23-14(13)17)11-4-3-6-22-8-11)15(28)12(21)10-29(26,27)7-5-16(18,19)20/h3-4,6,8-9,21H,2,5,7,10H2,1H3. The van der Waals surface area contributed by atoms with Crippen molar-refractivity contribution in [1.29, 1.82) is 5.41 Å². The largest absolute Gasteiger partial charge is 0.390 e. The zero-order chi connectivity index (χ0) is 21.8. The predicted octanol–water partition coefficient (Wildman–Crippen LogP) is 3.46. The van der Waals surface area contributed by atoms with Gasteiger partial charge in [-0.2, -0.15) is 18.3 Å². The third kappa shape index (κ3) is 6.47. The molecule has 0 saturated heterocycles. The zero-order valence-electron chi connectivity index (χ0n) is 15.1. The van der Waals surface area contributed by atoms with Gasteiger partial charge in [0.25, 0.3) is 0 Å². The monoisotopic (exact) mass is 467 g/mol. The Morgan fingerprint density at radius 2 is 2.10 bits per heavy atom. The van der Waals surface area contributed by atoms with Crippen molar-refractivity contribution < 1.29 is 21.6 Å². The van der Waals surface area contributed by atoms with Crippen molar-refractivity contribution in [1.82, 2.24) is 14.8 Å². The fourth-order valence-corrected chi connectivity index (χ4v) is 4.24. The first-order valence-corrected chi connectivity index (χ1v) is 10.9. The maximum atomic E-state index is 12.3. The second-order valence-electron chi connectivity index (χ2n) is 5.95. The number of anilines is 1. The molecular weight excluding hydrogens is 451 g/mol. The molecule has 0 aromatic carbocycles. The molecule has 7 nitrogen and oxygen atoms in total. The number of sulfone groups is 1. The van der Waals surface area contributed by atoms with Crippen LogP contribution in [0.1, 0.15) is 13.3 Å². The number of nitrogens with one attached hydrogen (secondary N) is 1. The first-order valence-electron chi connectivity index (χ1n) is 8.25. The molecule has 2 heterocycles.